The average Bonchev–Trinajstić information content (AvgIpc) is 3.35. The zero-order valence-electron chi connectivity index (χ0n) is 20.2. The van der Waals surface area contributed by atoms with Crippen LogP contribution in [0.1, 0.15) is 29.5 Å². The Kier molecular flexibility index (Phi) is 6.03. The van der Waals surface area contributed by atoms with E-state index in [-0.39, 0.29) is 23.1 Å². The van der Waals surface area contributed by atoms with Crippen molar-refractivity contribution in [3.8, 4) is 11.3 Å². The monoisotopic (exact) mass is 577 g/mol. The Morgan fingerprint density at radius 1 is 1.12 bits per heavy atom. The van der Waals surface area contributed by atoms with Gasteiger partial charge in [0.15, 0.2) is 5.65 Å². The smallest absolute Gasteiger partial charge is 0.303 e. The van der Waals surface area contributed by atoms with E-state index in [1.807, 2.05) is 6.07 Å². The Morgan fingerprint density at radius 2 is 1.93 bits per heavy atom. The minimum atomic E-state index is -4.89. The standard InChI is InChI=1S/C23H19F3N7O6P/c24-23(25,26)10-32-18-5-12(1-2-13(18)8-28-32)14-6-15(14)19-7-17(29-20-3-4-27-33(19)20)16-9-31(11-39-40(36,37)38)22(35)30-21(16)34/h1-5,7-9,14-15H,6,10-11H2,(H,30,34,35)(H2,36,37,38)/t14-,15+/m1/s1. The summed E-state index contributed by atoms with van der Waals surface area (Å²) >= 11 is 0. The highest BCUT2D eigenvalue weighted by Gasteiger charge is 2.42. The maximum Gasteiger partial charge on any atom is 0.471 e. The van der Waals surface area contributed by atoms with Crippen molar-refractivity contribution in [1.82, 2.24) is 33.9 Å². The summed E-state index contributed by atoms with van der Waals surface area (Å²) in [6.45, 7) is -2.02. The molecule has 3 N–H and O–H groups in total. The van der Waals surface area contributed by atoms with E-state index in [1.165, 1.54) is 12.4 Å². The number of nitrogens with zero attached hydrogens (tertiary/aromatic N) is 6. The normalized spacial score (nSPS) is 17.6. The lowest BCUT2D eigenvalue weighted by molar-refractivity contribution is -0.141. The first-order valence-electron chi connectivity index (χ1n) is 11.8. The third-order valence-corrected chi connectivity index (χ3v) is 7.09. The van der Waals surface area contributed by atoms with Gasteiger partial charge in [0.25, 0.3) is 5.56 Å². The summed E-state index contributed by atoms with van der Waals surface area (Å²) in [6, 6.07) is 8.51. The van der Waals surface area contributed by atoms with E-state index in [2.05, 4.69) is 24.7 Å². The number of H-pyrrole nitrogens is 1. The summed E-state index contributed by atoms with van der Waals surface area (Å²) in [5, 5.41) is 8.77. The summed E-state index contributed by atoms with van der Waals surface area (Å²) in [7, 11) is -4.89. The van der Waals surface area contributed by atoms with Crippen LogP contribution in [0.15, 0.2) is 58.5 Å². The molecule has 0 radical (unpaired) electrons. The zero-order chi connectivity index (χ0) is 28.4. The van der Waals surface area contributed by atoms with Gasteiger partial charge in [-0.25, -0.2) is 18.9 Å². The van der Waals surface area contributed by atoms with Crippen LogP contribution in [-0.2, 0) is 22.4 Å². The molecule has 40 heavy (non-hydrogen) atoms. The van der Waals surface area contributed by atoms with Crippen LogP contribution in [0.5, 0.6) is 0 Å². The molecule has 4 aromatic heterocycles. The van der Waals surface area contributed by atoms with Crippen LogP contribution in [0, 0.1) is 0 Å². The zero-order valence-corrected chi connectivity index (χ0v) is 21.1. The van der Waals surface area contributed by atoms with Crippen LogP contribution >= 0.6 is 7.82 Å². The van der Waals surface area contributed by atoms with Gasteiger partial charge >= 0.3 is 19.7 Å². The number of hydrogen-bond donors (Lipinski definition) is 3. The molecule has 0 amide bonds. The van der Waals surface area contributed by atoms with Gasteiger partial charge in [0.2, 0.25) is 0 Å². The van der Waals surface area contributed by atoms with Gasteiger partial charge in [0, 0.05) is 23.6 Å². The topological polar surface area (TPSA) is 170 Å². The Labute approximate surface area is 220 Å². The second-order valence-corrected chi connectivity index (χ2v) is 10.6. The van der Waals surface area contributed by atoms with Crippen molar-refractivity contribution >= 4 is 24.4 Å². The van der Waals surface area contributed by atoms with Crippen LogP contribution in [0.4, 0.5) is 13.2 Å². The molecule has 1 saturated carbocycles. The van der Waals surface area contributed by atoms with Crippen molar-refractivity contribution in [2.75, 3.05) is 0 Å². The van der Waals surface area contributed by atoms with E-state index in [0.717, 1.165) is 21.0 Å². The van der Waals surface area contributed by atoms with E-state index >= 15 is 0 Å². The molecule has 1 aliphatic rings. The molecule has 1 aliphatic carbocycles. The molecule has 0 aliphatic heterocycles. The molecular formula is C23H19F3N7O6P. The maximum atomic E-state index is 13.0. The highest BCUT2D eigenvalue weighted by molar-refractivity contribution is 7.46. The van der Waals surface area contributed by atoms with E-state index in [4.69, 9.17) is 9.79 Å². The van der Waals surface area contributed by atoms with Crippen molar-refractivity contribution in [3.63, 3.8) is 0 Å². The predicted octanol–water partition coefficient (Wildman–Crippen LogP) is 2.50. The number of aromatic nitrogens is 7. The van der Waals surface area contributed by atoms with Crippen molar-refractivity contribution in [2.45, 2.75) is 37.7 Å². The SMILES string of the molecule is O=c1[nH]c(=O)n(COP(=O)(O)O)cc1-c1cc([C@H]2C[C@@H]2c2ccc3cnn(CC(F)(F)F)c3c2)n2nccc2n1. The fourth-order valence-corrected chi connectivity index (χ4v) is 5.04. The molecule has 1 aromatic carbocycles. The lowest BCUT2D eigenvalue weighted by Gasteiger charge is -2.11. The fourth-order valence-electron chi connectivity index (χ4n) is 4.77. The summed E-state index contributed by atoms with van der Waals surface area (Å²) in [5.41, 5.74) is 0.702. The summed E-state index contributed by atoms with van der Waals surface area (Å²) in [4.78, 5) is 49.3. The van der Waals surface area contributed by atoms with Crippen LogP contribution in [0.2, 0.25) is 0 Å². The maximum absolute atomic E-state index is 13.0. The second-order valence-electron chi connectivity index (χ2n) is 9.37. The van der Waals surface area contributed by atoms with Crippen molar-refractivity contribution in [3.05, 3.63) is 81.0 Å². The molecule has 6 rings (SSSR count). The van der Waals surface area contributed by atoms with E-state index in [9.17, 15) is 27.3 Å². The summed E-state index contributed by atoms with van der Waals surface area (Å²) in [5.74, 6) is -0.159. The molecule has 0 saturated heterocycles. The van der Waals surface area contributed by atoms with Crippen molar-refractivity contribution in [1.29, 1.82) is 0 Å². The van der Waals surface area contributed by atoms with Crippen LogP contribution in [0.25, 0.3) is 27.8 Å². The lowest BCUT2D eigenvalue weighted by Crippen LogP contribution is -2.31. The molecule has 13 nitrogen and oxygen atoms in total. The van der Waals surface area contributed by atoms with E-state index in [0.29, 0.717) is 28.7 Å². The van der Waals surface area contributed by atoms with Crippen molar-refractivity contribution < 1.29 is 32.0 Å². The average molecular weight is 577 g/mol. The molecule has 4 heterocycles. The van der Waals surface area contributed by atoms with E-state index in [1.54, 1.807) is 28.8 Å². The third kappa shape index (κ3) is 5.09. The Balaban J connectivity index is 1.36. The number of aromatic amines is 1. The van der Waals surface area contributed by atoms with Crippen LogP contribution < -0.4 is 11.2 Å². The molecule has 1 fully saturated rings. The first kappa shape index (κ1) is 26.1. The van der Waals surface area contributed by atoms with Crippen LogP contribution in [-0.4, -0.2) is 49.9 Å². The Hall–Kier alpha value is -4.11. The van der Waals surface area contributed by atoms with Gasteiger partial charge in [-0.2, -0.15) is 23.4 Å². The molecule has 17 heteroatoms. The first-order valence-corrected chi connectivity index (χ1v) is 13.3. The number of phosphoric ester groups is 1. The van der Waals surface area contributed by atoms with Gasteiger partial charge in [0.1, 0.15) is 13.3 Å². The first-order chi connectivity index (χ1) is 18.9. The number of nitrogens with one attached hydrogen (secondary N) is 1. The highest BCUT2D eigenvalue weighted by Crippen LogP contribution is 2.55. The van der Waals surface area contributed by atoms with Crippen LogP contribution in [0.3, 0.4) is 0 Å². The third-order valence-electron chi connectivity index (χ3n) is 6.64. The van der Waals surface area contributed by atoms with Gasteiger partial charge < -0.3 is 9.79 Å². The summed E-state index contributed by atoms with van der Waals surface area (Å²) < 4.78 is 57.8. The fraction of sp³-hybridized carbons (Fsp3) is 0.261. The van der Waals surface area contributed by atoms with Gasteiger partial charge in [-0.3, -0.25) is 23.6 Å². The molecule has 5 aromatic rings. The van der Waals surface area contributed by atoms with Gasteiger partial charge in [-0.15, -0.1) is 0 Å². The van der Waals surface area contributed by atoms with Gasteiger partial charge in [0.05, 0.1) is 34.9 Å². The number of fused-ring (bicyclic) bond motifs is 2. The van der Waals surface area contributed by atoms with E-state index < -0.39 is 38.5 Å². The molecule has 0 bridgehead atoms. The predicted molar refractivity (Wildman–Crippen MR) is 132 cm³/mol. The number of benzene rings is 1. The van der Waals surface area contributed by atoms with Gasteiger partial charge in [-0.1, -0.05) is 12.1 Å². The molecule has 2 atom stereocenters. The molecule has 0 unspecified atom stereocenters. The minimum Gasteiger partial charge on any atom is -0.303 e. The molecule has 0 spiro atoms. The lowest BCUT2D eigenvalue weighted by atomic mass is 10.1. The molecular weight excluding hydrogens is 558 g/mol. The van der Waals surface area contributed by atoms with Gasteiger partial charge in [-0.05, 0) is 30.0 Å². The number of halogens is 3. The minimum absolute atomic E-state index is 0.0477. The quantitative estimate of drug-likeness (QED) is 0.246. The number of rotatable bonds is 7. The summed E-state index contributed by atoms with van der Waals surface area (Å²) in [6.07, 6.45) is 0.241. The number of hydrogen-bond acceptors (Lipinski definition) is 7. The molecule has 208 valence electrons. The van der Waals surface area contributed by atoms with Crippen molar-refractivity contribution in [2.24, 2.45) is 0 Å². The highest BCUT2D eigenvalue weighted by atomic mass is 31.2. The largest absolute Gasteiger partial charge is 0.471 e. The Morgan fingerprint density at radius 3 is 2.67 bits per heavy atom. The number of alkyl halides is 3. The Bertz CT molecular complexity index is 1940. The number of phosphoric acid groups is 1. The second kappa shape index (κ2) is 9.23.